The number of aromatic nitrogens is 2. The summed E-state index contributed by atoms with van der Waals surface area (Å²) in [5.74, 6) is 1.21. The maximum atomic E-state index is 5.51. The molecule has 0 bridgehead atoms. The molecule has 2 atom stereocenters. The summed E-state index contributed by atoms with van der Waals surface area (Å²) < 4.78 is 2.21. The average Bonchev–Trinajstić information content (AvgIpc) is 2.71. The second-order valence-electron chi connectivity index (χ2n) is 3.55. The first-order valence-electron chi connectivity index (χ1n) is 4.63. The smallest absolute Gasteiger partial charge is 0.0952 e. The molecule has 1 aromatic rings. The number of nitrogens with two attached hydrogens (primary N) is 1. The maximum Gasteiger partial charge on any atom is 0.0952 e. The lowest BCUT2D eigenvalue weighted by molar-refractivity contribution is 0.535. The summed E-state index contributed by atoms with van der Waals surface area (Å²) in [6.45, 7) is 2.83. The van der Waals surface area contributed by atoms with Gasteiger partial charge >= 0.3 is 0 Å². The van der Waals surface area contributed by atoms with E-state index in [2.05, 4.69) is 22.7 Å². The van der Waals surface area contributed by atoms with E-state index in [4.69, 9.17) is 5.73 Å². The molecule has 0 aromatic carbocycles. The molecule has 13 heavy (non-hydrogen) atoms. The lowest BCUT2D eigenvalue weighted by Crippen LogP contribution is -2.06. The highest BCUT2D eigenvalue weighted by atomic mass is 32.2. The zero-order valence-electron chi connectivity index (χ0n) is 7.81. The molecular formula is C9H15N3S. The van der Waals surface area contributed by atoms with Gasteiger partial charge in [0, 0.05) is 29.8 Å². The molecule has 0 radical (unpaired) electrons. The molecule has 1 saturated heterocycles. The Morgan fingerprint density at radius 3 is 3.15 bits per heavy atom. The van der Waals surface area contributed by atoms with E-state index in [1.807, 2.05) is 18.1 Å². The van der Waals surface area contributed by atoms with Crippen LogP contribution < -0.4 is 5.73 Å². The first kappa shape index (κ1) is 9.09. The first-order chi connectivity index (χ1) is 6.29. The van der Waals surface area contributed by atoms with Crippen LogP contribution in [0, 0.1) is 0 Å². The number of nitrogens with zero attached hydrogens (tertiary/aromatic N) is 2. The van der Waals surface area contributed by atoms with Crippen molar-refractivity contribution in [3.05, 3.63) is 18.2 Å². The van der Waals surface area contributed by atoms with Gasteiger partial charge in [-0.2, -0.15) is 11.8 Å². The number of rotatable bonds is 2. The van der Waals surface area contributed by atoms with Crippen molar-refractivity contribution >= 4 is 11.8 Å². The summed E-state index contributed by atoms with van der Waals surface area (Å²) >= 11 is 2.04. The van der Waals surface area contributed by atoms with E-state index in [1.54, 1.807) is 0 Å². The van der Waals surface area contributed by atoms with E-state index in [9.17, 15) is 0 Å². The standard InChI is InChI=1S/C9H15N3S/c1-7-2-9(5-13-7)12-4-8(3-10)11-6-12/h4,6-7,9H,2-3,5,10H2,1H3. The summed E-state index contributed by atoms with van der Waals surface area (Å²) in [6, 6.07) is 0.632. The van der Waals surface area contributed by atoms with Crippen LogP contribution >= 0.6 is 11.8 Å². The monoisotopic (exact) mass is 197 g/mol. The van der Waals surface area contributed by atoms with E-state index < -0.39 is 0 Å². The van der Waals surface area contributed by atoms with Crippen LogP contribution in [0.3, 0.4) is 0 Å². The van der Waals surface area contributed by atoms with E-state index in [-0.39, 0.29) is 0 Å². The van der Waals surface area contributed by atoms with Crippen molar-refractivity contribution in [2.24, 2.45) is 5.73 Å². The predicted octanol–water partition coefficient (Wildman–Crippen LogP) is 1.41. The van der Waals surface area contributed by atoms with E-state index in [1.165, 1.54) is 12.2 Å². The van der Waals surface area contributed by atoms with Gasteiger partial charge in [0.2, 0.25) is 0 Å². The molecule has 0 amide bonds. The maximum absolute atomic E-state index is 5.51. The molecule has 0 spiro atoms. The molecule has 2 N–H and O–H groups in total. The highest BCUT2D eigenvalue weighted by Gasteiger charge is 2.22. The molecule has 4 heteroatoms. The van der Waals surface area contributed by atoms with Crippen molar-refractivity contribution in [3.63, 3.8) is 0 Å². The average molecular weight is 197 g/mol. The second kappa shape index (κ2) is 3.72. The van der Waals surface area contributed by atoms with Crippen molar-refractivity contribution in [2.75, 3.05) is 5.75 Å². The fraction of sp³-hybridized carbons (Fsp3) is 0.667. The molecule has 0 saturated carbocycles. The molecule has 0 aliphatic carbocycles. The van der Waals surface area contributed by atoms with E-state index in [0.717, 1.165) is 10.9 Å². The third-order valence-electron chi connectivity index (χ3n) is 2.46. The predicted molar refractivity (Wildman–Crippen MR) is 55.7 cm³/mol. The van der Waals surface area contributed by atoms with Gasteiger partial charge in [-0.3, -0.25) is 0 Å². The van der Waals surface area contributed by atoms with Gasteiger partial charge in [0.25, 0.3) is 0 Å². The van der Waals surface area contributed by atoms with Gasteiger partial charge in [-0.05, 0) is 6.42 Å². The summed E-state index contributed by atoms with van der Waals surface area (Å²) in [7, 11) is 0. The van der Waals surface area contributed by atoms with Crippen molar-refractivity contribution in [1.29, 1.82) is 0 Å². The number of hydrogen-bond acceptors (Lipinski definition) is 3. The summed E-state index contributed by atoms with van der Waals surface area (Å²) in [5, 5.41) is 0.786. The molecule has 1 aliphatic heterocycles. The largest absolute Gasteiger partial charge is 0.333 e. The molecule has 2 rings (SSSR count). The minimum Gasteiger partial charge on any atom is -0.333 e. The second-order valence-corrected chi connectivity index (χ2v) is 5.02. The van der Waals surface area contributed by atoms with Crippen LogP contribution in [0.25, 0.3) is 0 Å². The van der Waals surface area contributed by atoms with Crippen LogP contribution in [-0.2, 0) is 6.54 Å². The minimum absolute atomic E-state index is 0.544. The Morgan fingerprint density at radius 2 is 2.62 bits per heavy atom. The van der Waals surface area contributed by atoms with Crippen molar-refractivity contribution in [1.82, 2.24) is 9.55 Å². The van der Waals surface area contributed by atoms with Crippen molar-refractivity contribution < 1.29 is 0 Å². The van der Waals surface area contributed by atoms with Crippen molar-refractivity contribution in [2.45, 2.75) is 31.2 Å². The van der Waals surface area contributed by atoms with E-state index in [0.29, 0.717) is 12.6 Å². The Labute approximate surface area is 82.7 Å². The SMILES string of the molecule is CC1CC(n2cnc(CN)c2)CS1. The zero-order chi connectivity index (χ0) is 9.26. The van der Waals surface area contributed by atoms with Gasteiger partial charge in [0.1, 0.15) is 0 Å². The molecule has 2 unspecified atom stereocenters. The topological polar surface area (TPSA) is 43.8 Å². The fourth-order valence-electron chi connectivity index (χ4n) is 1.69. The molecule has 2 heterocycles. The molecule has 1 aliphatic rings. The van der Waals surface area contributed by atoms with Crippen LogP contribution in [0.2, 0.25) is 0 Å². The minimum atomic E-state index is 0.544. The first-order valence-corrected chi connectivity index (χ1v) is 5.68. The lowest BCUT2D eigenvalue weighted by Gasteiger charge is -2.09. The van der Waals surface area contributed by atoms with E-state index >= 15 is 0 Å². The highest BCUT2D eigenvalue weighted by Crippen LogP contribution is 2.33. The Kier molecular flexibility index (Phi) is 2.60. The highest BCUT2D eigenvalue weighted by molar-refractivity contribution is 8.00. The summed E-state index contributed by atoms with van der Waals surface area (Å²) in [4.78, 5) is 4.23. The van der Waals surface area contributed by atoms with Crippen LogP contribution in [0.1, 0.15) is 25.1 Å². The Morgan fingerprint density at radius 1 is 1.77 bits per heavy atom. The Bertz CT molecular complexity index is 284. The summed E-state index contributed by atoms with van der Waals surface area (Å²) in [5.41, 5.74) is 6.50. The van der Waals surface area contributed by atoms with Gasteiger partial charge in [-0.15, -0.1) is 0 Å². The molecular weight excluding hydrogens is 182 g/mol. The van der Waals surface area contributed by atoms with Gasteiger partial charge < -0.3 is 10.3 Å². The number of hydrogen-bond donors (Lipinski definition) is 1. The molecule has 3 nitrogen and oxygen atoms in total. The van der Waals surface area contributed by atoms with Crippen LogP contribution in [0.15, 0.2) is 12.5 Å². The third kappa shape index (κ3) is 1.89. The van der Waals surface area contributed by atoms with Gasteiger partial charge in [-0.1, -0.05) is 6.92 Å². The van der Waals surface area contributed by atoms with Crippen LogP contribution in [0.4, 0.5) is 0 Å². The Balaban J connectivity index is 2.08. The molecule has 72 valence electrons. The van der Waals surface area contributed by atoms with Gasteiger partial charge in [0.05, 0.1) is 12.0 Å². The van der Waals surface area contributed by atoms with Gasteiger partial charge in [0.15, 0.2) is 0 Å². The number of thioether (sulfide) groups is 1. The van der Waals surface area contributed by atoms with Crippen molar-refractivity contribution in [3.8, 4) is 0 Å². The molecule has 1 fully saturated rings. The van der Waals surface area contributed by atoms with Gasteiger partial charge in [-0.25, -0.2) is 4.98 Å². The normalized spacial score (nSPS) is 28.2. The third-order valence-corrected chi connectivity index (χ3v) is 3.80. The number of imidazole rings is 1. The van der Waals surface area contributed by atoms with Crippen LogP contribution in [0.5, 0.6) is 0 Å². The molecule has 1 aromatic heterocycles. The Hall–Kier alpha value is -0.480. The summed E-state index contributed by atoms with van der Waals surface area (Å²) in [6.07, 6.45) is 5.24. The van der Waals surface area contributed by atoms with Crippen LogP contribution in [-0.4, -0.2) is 20.6 Å². The zero-order valence-corrected chi connectivity index (χ0v) is 8.63. The fourth-order valence-corrected chi connectivity index (χ4v) is 2.90. The quantitative estimate of drug-likeness (QED) is 0.779. The lowest BCUT2D eigenvalue weighted by atomic mass is 10.2.